The van der Waals surface area contributed by atoms with Crippen LogP contribution in [0.1, 0.15) is 72.6 Å². The quantitative estimate of drug-likeness (QED) is 0.236. The lowest BCUT2D eigenvalue weighted by Crippen LogP contribution is -2.23. The Kier molecular flexibility index (Phi) is 9.28. The van der Waals surface area contributed by atoms with Crippen LogP contribution in [0, 0.1) is 0 Å². The van der Waals surface area contributed by atoms with E-state index in [0.29, 0.717) is 28.8 Å². The van der Waals surface area contributed by atoms with E-state index in [1.807, 2.05) is 44.2 Å². The zero-order valence-electron chi connectivity index (χ0n) is 22.2. The Hall–Kier alpha value is -3.26. The van der Waals surface area contributed by atoms with Crippen LogP contribution in [0.5, 0.6) is 0 Å². The number of halogens is 1. The molecule has 0 amide bonds. The topological polar surface area (TPSA) is 92.9 Å². The number of anilines is 2. The van der Waals surface area contributed by atoms with E-state index in [9.17, 15) is 0 Å². The second kappa shape index (κ2) is 12.8. The summed E-state index contributed by atoms with van der Waals surface area (Å²) in [5.74, 6) is 1.22. The molecule has 0 bridgehead atoms. The number of nitrogens with zero attached hydrogens (tertiary/aromatic N) is 6. The lowest BCUT2D eigenvalue weighted by molar-refractivity contribution is 0.461. The molecule has 0 radical (unpaired) electrons. The average Bonchev–Trinajstić information content (AvgIpc) is 3.32. The average molecular weight is 521 g/mol. The van der Waals surface area contributed by atoms with E-state index in [1.165, 1.54) is 19.3 Å². The second-order valence-corrected chi connectivity index (χ2v) is 9.60. The van der Waals surface area contributed by atoms with Gasteiger partial charge >= 0.3 is 0 Å². The summed E-state index contributed by atoms with van der Waals surface area (Å²) >= 11 is 6.52. The van der Waals surface area contributed by atoms with E-state index in [4.69, 9.17) is 26.7 Å². The molecule has 0 spiro atoms. The minimum atomic E-state index is 0.281. The first-order chi connectivity index (χ1) is 18.1. The zero-order valence-corrected chi connectivity index (χ0v) is 23.0. The van der Waals surface area contributed by atoms with Crippen LogP contribution in [0.2, 0.25) is 5.15 Å². The highest BCUT2D eigenvalue weighted by Gasteiger charge is 2.21. The molecule has 0 aliphatic heterocycles. The van der Waals surface area contributed by atoms with Gasteiger partial charge in [0.05, 0.1) is 22.5 Å². The molecule has 37 heavy (non-hydrogen) atoms. The summed E-state index contributed by atoms with van der Waals surface area (Å²) in [6.45, 7) is 8.31. The Morgan fingerprint density at radius 1 is 0.973 bits per heavy atom. The summed E-state index contributed by atoms with van der Waals surface area (Å²) in [5.41, 5.74) is 3.92. The van der Waals surface area contributed by atoms with Gasteiger partial charge in [-0.25, -0.2) is 24.5 Å². The lowest BCUT2D eigenvalue weighted by atomic mass is 9.96. The summed E-state index contributed by atoms with van der Waals surface area (Å²) in [5, 5.41) is 12.3. The smallest absolute Gasteiger partial charge is 0.223 e. The maximum Gasteiger partial charge on any atom is 0.223 e. The summed E-state index contributed by atoms with van der Waals surface area (Å²) in [4.78, 5) is 18.6. The number of pyridine rings is 1. The minimum absolute atomic E-state index is 0.281. The highest BCUT2D eigenvalue weighted by atomic mass is 35.5. The Balaban J connectivity index is 0.00000156. The molecule has 1 aliphatic rings. The third-order valence-electron chi connectivity index (χ3n) is 6.46. The van der Waals surface area contributed by atoms with E-state index >= 15 is 0 Å². The maximum atomic E-state index is 6.52. The third kappa shape index (κ3) is 6.36. The molecule has 8 nitrogen and oxygen atoms in total. The summed E-state index contributed by atoms with van der Waals surface area (Å²) in [6, 6.07) is 10.2. The molecule has 4 heterocycles. The molecule has 1 aliphatic carbocycles. The van der Waals surface area contributed by atoms with Gasteiger partial charge in [-0.3, -0.25) is 0 Å². The summed E-state index contributed by atoms with van der Waals surface area (Å²) < 4.78 is 1.73. The van der Waals surface area contributed by atoms with E-state index in [0.717, 1.165) is 48.2 Å². The molecule has 1 saturated carbocycles. The van der Waals surface area contributed by atoms with E-state index in [2.05, 4.69) is 34.4 Å². The molecule has 0 aromatic carbocycles. The normalized spacial score (nSPS) is 14.6. The van der Waals surface area contributed by atoms with Gasteiger partial charge in [-0.2, -0.15) is 5.10 Å². The van der Waals surface area contributed by atoms with Crippen molar-refractivity contribution in [3.8, 4) is 22.6 Å². The van der Waals surface area contributed by atoms with Gasteiger partial charge in [-0.05, 0) is 50.5 Å². The molecule has 5 rings (SSSR count). The van der Waals surface area contributed by atoms with Crippen LogP contribution in [0.3, 0.4) is 0 Å². The molecule has 196 valence electrons. The lowest BCUT2D eigenvalue weighted by Gasteiger charge is -2.22. The van der Waals surface area contributed by atoms with Crippen molar-refractivity contribution in [1.82, 2.24) is 29.5 Å². The highest BCUT2D eigenvalue weighted by Crippen LogP contribution is 2.35. The summed E-state index contributed by atoms with van der Waals surface area (Å²) in [6.07, 6.45) is 11.8. The Morgan fingerprint density at radius 2 is 1.68 bits per heavy atom. The molecule has 2 N–H and O–H groups in total. The molecule has 9 heteroatoms. The fourth-order valence-electron chi connectivity index (χ4n) is 4.75. The number of hydrogen-bond donors (Lipinski definition) is 2. The van der Waals surface area contributed by atoms with Crippen LogP contribution in [0.25, 0.3) is 28.2 Å². The molecule has 4 aromatic heterocycles. The van der Waals surface area contributed by atoms with Crippen LogP contribution < -0.4 is 10.6 Å². The number of hydrogen-bond acceptors (Lipinski definition) is 7. The van der Waals surface area contributed by atoms with Crippen LogP contribution in [-0.2, 0) is 0 Å². The SMILES string of the molecule is CC.CCCC(C)Nc1nccc(-c2c(-c3ccnc(NC4CCCCC4)n3)nn3c(Cl)cccc23)n1. The largest absolute Gasteiger partial charge is 0.352 e. The zero-order chi connectivity index (χ0) is 26.2. The molecule has 1 fully saturated rings. The standard InChI is InChI=1S/C26H31ClN8.C2H6/c1-3-8-17(2)30-25-28-15-13-19(32-25)23-21-11-7-12-22(27)35(21)34-24(23)20-14-16-29-26(33-20)31-18-9-5-4-6-10-18;1-2/h7,11-18H,3-6,8-10H2,1-2H3,(H,28,30,32)(H,29,31,33);1-2H3. The fourth-order valence-corrected chi connectivity index (χ4v) is 4.95. The number of fused-ring (bicyclic) bond motifs is 1. The summed E-state index contributed by atoms with van der Waals surface area (Å²) in [7, 11) is 0. The molecular formula is C28H37ClN8. The number of rotatable bonds is 8. The van der Waals surface area contributed by atoms with E-state index < -0.39 is 0 Å². The first-order valence-electron chi connectivity index (χ1n) is 13.5. The second-order valence-electron chi connectivity index (χ2n) is 9.21. The molecule has 0 saturated heterocycles. The van der Waals surface area contributed by atoms with Gasteiger partial charge in [-0.1, -0.05) is 64.1 Å². The van der Waals surface area contributed by atoms with Crippen LogP contribution in [0.15, 0.2) is 42.7 Å². The van der Waals surface area contributed by atoms with Crippen molar-refractivity contribution in [2.24, 2.45) is 0 Å². The first-order valence-corrected chi connectivity index (χ1v) is 13.9. The monoisotopic (exact) mass is 520 g/mol. The van der Waals surface area contributed by atoms with Crippen molar-refractivity contribution < 1.29 is 0 Å². The number of aromatic nitrogens is 6. The van der Waals surface area contributed by atoms with Crippen molar-refractivity contribution in [3.05, 3.63) is 47.9 Å². The highest BCUT2D eigenvalue weighted by molar-refractivity contribution is 6.29. The number of nitrogens with one attached hydrogen (secondary N) is 2. The van der Waals surface area contributed by atoms with Gasteiger partial charge in [-0.15, -0.1) is 0 Å². The van der Waals surface area contributed by atoms with Gasteiger partial charge in [0.15, 0.2) is 0 Å². The van der Waals surface area contributed by atoms with Gasteiger partial charge in [0.25, 0.3) is 0 Å². The van der Waals surface area contributed by atoms with Crippen LogP contribution in [0.4, 0.5) is 11.9 Å². The van der Waals surface area contributed by atoms with E-state index in [-0.39, 0.29) is 6.04 Å². The minimum Gasteiger partial charge on any atom is -0.352 e. The van der Waals surface area contributed by atoms with Crippen LogP contribution >= 0.6 is 11.6 Å². The van der Waals surface area contributed by atoms with Gasteiger partial charge < -0.3 is 10.6 Å². The maximum absolute atomic E-state index is 6.52. The van der Waals surface area contributed by atoms with Crippen molar-refractivity contribution in [2.45, 2.75) is 84.7 Å². The van der Waals surface area contributed by atoms with E-state index in [1.54, 1.807) is 16.9 Å². The van der Waals surface area contributed by atoms with Crippen LogP contribution in [-0.4, -0.2) is 41.6 Å². The molecule has 4 aromatic rings. The molecule has 1 atom stereocenters. The first kappa shape index (κ1) is 26.8. The van der Waals surface area contributed by atoms with Crippen molar-refractivity contribution in [1.29, 1.82) is 0 Å². The van der Waals surface area contributed by atoms with Gasteiger partial charge in [0, 0.05) is 24.5 Å². The predicted octanol–water partition coefficient (Wildman–Crippen LogP) is 7.27. The van der Waals surface area contributed by atoms with Crippen molar-refractivity contribution >= 4 is 29.0 Å². The molecular weight excluding hydrogens is 484 g/mol. The van der Waals surface area contributed by atoms with Gasteiger partial charge in [0.1, 0.15) is 10.8 Å². The fraction of sp³-hybridized carbons (Fsp3) is 0.464. The van der Waals surface area contributed by atoms with Crippen molar-refractivity contribution in [2.75, 3.05) is 10.6 Å². The Morgan fingerprint density at radius 3 is 2.43 bits per heavy atom. The third-order valence-corrected chi connectivity index (χ3v) is 6.74. The Bertz CT molecular complexity index is 1300. The van der Waals surface area contributed by atoms with Crippen molar-refractivity contribution in [3.63, 3.8) is 0 Å². The molecule has 1 unspecified atom stereocenters. The van der Waals surface area contributed by atoms with Gasteiger partial charge in [0.2, 0.25) is 11.9 Å². The Labute approximate surface area is 224 Å². The predicted molar refractivity (Wildman–Crippen MR) is 152 cm³/mol.